The maximum absolute atomic E-state index is 12.3. The number of benzene rings is 1. The number of amides is 1. The van der Waals surface area contributed by atoms with Crippen LogP contribution in [0.15, 0.2) is 24.3 Å². The molecule has 3 N–H and O–H groups in total. The molecule has 0 aliphatic heterocycles. The molecule has 3 nitrogen and oxygen atoms in total. The first-order valence-corrected chi connectivity index (χ1v) is 8.76. The van der Waals surface area contributed by atoms with Gasteiger partial charge in [0.05, 0.1) is 5.69 Å². The largest absolute Gasteiger partial charge is 0.397 e. The normalized spacial score (nSPS) is 12.5. The van der Waals surface area contributed by atoms with Gasteiger partial charge in [-0.25, -0.2) is 0 Å². The van der Waals surface area contributed by atoms with E-state index < -0.39 is 0 Å². The summed E-state index contributed by atoms with van der Waals surface area (Å²) in [5, 5.41) is 4.00. The topological polar surface area (TPSA) is 55.1 Å². The van der Waals surface area contributed by atoms with Gasteiger partial charge < -0.3 is 11.1 Å². The van der Waals surface area contributed by atoms with E-state index in [1.807, 2.05) is 43.0 Å². The van der Waals surface area contributed by atoms with Crippen LogP contribution in [0.2, 0.25) is 0 Å². The number of carbonyl (C=O) groups is 1. The van der Waals surface area contributed by atoms with Gasteiger partial charge in [-0.15, -0.1) is 11.3 Å². The fourth-order valence-electron chi connectivity index (χ4n) is 2.00. The molecule has 1 aromatic carbocycles. The molecule has 1 atom stereocenters. The van der Waals surface area contributed by atoms with Gasteiger partial charge in [0.15, 0.2) is 0 Å². The Hall–Kier alpha value is -1.20. The van der Waals surface area contributed by atoms with Crippen molar-refractivity contribution >= 4 is 44.8 Å². The molecule has 0 radical (unpaired) electrons. The Morgan fingerprint density at radius 3 is 2.90 bits per heavy atom. The molecule has 0 saturated carbocycles. The summed E-state index contributed by atoms with van der Waals surface area (Å²) in [5.74, 6) is 2.13. The Morgan fingerprint density at radius 2 is 2.20 bits per heavy atom. The summed E-state index contributed by atoms with van der Waals surface area (Å²) in [6.07, 6.45) is 0.981. The SMILES string of the molecule is CCSCCC(C)NC(=O)c1sc2ccccc2c1N. The van der Waals surface area contributed by atoms with Gasteiger partial charge in [0.25, 0.3) is 5.91 Å². The molecule has 1 aromatic heterocycles. The van der Waals surface area contributed by atoms with Crippen LogP contribution >= 0.6 is 23.1 Å². The number of carbonyl (C=O) groups excluding carboxylic acids is 1. The van der Waals surface area contributed by atoms with Crippen LogP contribution in [0.25, 0.3) is 10.1 Å². The number of nitrogens with one attached hydrogen (secondary N) is 1. The molecule has 1 heterocycles. The van der Waals surface area contributed by atoms with Crippen LogP contribution in [0.4, 0.5) is 5.69 Å². The third-order valence-electron chi connectivity index (χ3n) is 3.12. The summed E-state index contributed by atoms with van der Waals surface area (Å²) in [6, 6.07) is 8.03. The molecule has 20 heavy (non-hydrogen) atoms. The summed E-state index contributed by atoms with van der Waals surface area (Å²) in [7, 11) is 0. The number of fused-ring (bicyclic) bond motifs is 1. The molecule has 1 unspecified atom stereocenters. The molecule has 0 aliphatic carbocycles. The van der Waals surface area contributed by atoms with E-state index in [2.05, 4.69) is 12.2 Å². The van der Waals surface area contributed by atoms with Crippen molar-refractivity contribution in [3.8, 4) is 0 Å². The van der Waals surface area contributed by atoms with Crippen LogP contribution in [-0.2, 0) is 0 Å². The number of thiophene rings is 1. The Bertz CT molecular complexity index is 595. The van der Waals surface area contributed by atoms with Gasteiger partial charge in [-0.1, -0.05) is 25.1 Å². The average molecular weight is 308 g/mol. The Balaban J connectivity index is 2.06. The second-order valence-electron chi connectivity index (χ2n) is 4.70. The van der Waals surface area contributed by atoms with Crippen LogP contribution in [0, 0.1) is 0 Å². The van der Waals surface area contributed by atoms with Crippen molar-refractivity contribution in [2.24, 2.45) is 0 Å². The van der Waals surface area contributed by atoms with Crippen molar-refractivity contribution in [3.05, 3.63) is 29.1 Å². The standard InChI is InChI=1S/C15H20N2OS2/c1-3-19-9-8-10(2)17-15(18)14-13(16)11-6-4-5-7-12(11)20-14/h4-7,10H,3,8-9,16H2,1-2H3,(H,17,18). The third kappa shape index (κ3) is 3.46. The van der Waals surface area contributed by atoms with Crippen molar-refractivity contribution in [1.82, 2.24) is 5.32 Å². The van der Waals surface area contributed by atoms with E-state index in [1.165, 1.54) is 11.3 Å². The molecule has 0 aliphatic rings. The zero-order valence-electron chi connectivity index (χ0n) is 11.8. The van der Waals surface area contributed by atoms with E-state index in [4.69, 9.17) is 5.73 Å². The minimum Gasteiger partial charge on any atom is -0.397 e. The average Bonchev–Trinajstić information content (AvgIpc) is 2.77. The van der Waals surface area contributed by atoms with Crippen LogP contribution in [0.5, 0.6) is 0 Å². The van der Waals surface area contributed by atoms with E-state index in [0.717, 1.165) is 28.0 Å². The number of anilines is 1. The van der Waals surface area contributed by atoms with E-state index >= 15 is 0 Å². The highest BCUT2D eigenvalue weighted by Gasteiger charge is 2.17. The van der Waals surface area contributed by atoms with Gasteiger partial charge in [-0.05, 0) is 30.9 Å². The number of hydrogen-bond donors (Lipinski definition) is 2. The molecular weight excluding hydrogens is 288 g/mol. The fourth-order valence-corrected chi connectivity index (χ4v) is 3.83. The van der Waals surface area contributed by atoms with E-state index in [1.54, 1.807) is 0 Å². The predicted molar refractivity (Wildman–Crippen MR) is 90.8 cm³/mol. The molecule has 108 valence electrons. The predicted octanol–water partition coefficient (Wildman–Crippen LogP) is 3.75. The van der Waals surface area contributed by atoms with Gasteiger partial charge in [0, 0.05) is 16.1 Å². The van der Waals surface area contributed by atoms with Crippen LogP contribution in [0.1, 0.15) is 29.9 Å². The summed E-state index contributed by atoms with van der Waals surface area (Å²) < 4.78 is 1.06. The van der Waals surface area contributed by atoms with Crippen LogP contribution < -0.4 is 11.1 Å². The molecule has 5 heteroatoms. The number of nitrogens with two attached hydrogens (primary N) is 1. The maximum atomic E-state index is 12.3. The summed E-state index contributed by atoms with van der Waals surface area (Å²) in [5.41, 5.74) is 6.68. The molecule has 1 amide bonds. The fraction of sp³-hybridized carbons (Fsp3) is 0.400. The van der Waals surface area contributed by atoms with Gasteiger partial charge in [0.1, 0.15) is 4.88 Å². The van der Waals surface area contributed by atoms with Gasteiger partial charge in [-0.3, -0.25) is 4.79 Å². The quantitative estimate of drug-likeness (QED) is 0.799. The molecular formula is C15H20N2OS2. The zero-order valence-corrected chi connectivity index (χ0v) is 13.4. The number of hydrogen-bond acceptors (Lipinski definition) is 4. The van der Waals surface area contributed by atoms with Crippen molar-refractivity contribution in [1.29, 1.82) is 0 Å². The molecule has 0 fully saturated rings. The highest BCUT2D eigenvalue weighted by molar-refractivity contribution is 7.99. The zero-order chi connectivity index (χ0) is 14.5. The van der Waals surface area contributed by atoms with E-state index in [-0.39, 0.29) is 11.9 Å². The highest BCUT2D eigenvalue weighted by atomic mass is 32.2. The Morgan fingerprint density at radius 1 is 1.45 bits per heavy atom. The lowest BCUT2D eigenvalue weighted by molar-refractivity contribution is 0.0944. The Kier molecular flexibility index (Phi) is 5.31. The molecule has 0 spiro atoms. The van der Waals surface area contributed by atoms with Gasteiger partial charge in [0.2, 0.25) is 0 Å². The first kappa shape index (κ1) is 15.2. The second kappa shape index (κ2) is 6.99. The second-order valence-corrected chi connectivity index (χ2v) is 7.15. The smallest absolute Gasteiger partial charge is 0.263 e. The van der Waals surface area contributed by atoms with Crippen molar-refractivity contribution in [3.63, 3.8) is 0 Å². The minimum atomic E-state index is -0.0577. The minimum absolute atomic E-state index is 0.0577. The molecule has 0 saturated heterocycles. The monoisotopic (exact) mass is 308 g/mol. The van der Waals surface area contributed by atoms with Crippen LogP contribution in [-0.4, -0.2) is 23.5 Å². The Labute approximate surface area is 127 Å². The first-order valence-electron chi connectivity index (χ1n) is 6.79. The van der Waals surface area contributed by atoms with Crippen molar-refractivity contribution < 1.29 is 4.79 Å². The summed E-state index contributed by atoms with van der Waals surface area (Å²) in [4.78, 5) is 12.9. The highest BCUT2D eigenvalue weighted by Crippen LogP contribution is 2.33. The number of rotatable bonds is 6. The summed E-state index contributed by atoms with van der Waals surface area (Å²) >= 11 is 3.35. The number of nitrogen functional groups attached to an aromatic ring is 1. The van der Waals surface area contributed by atoms with E-state index in [0.29, 0.717) is 10.6 Å². The summed E-state index contributed by atoms with van der Waals surface area (Å²) in [6.45, 7) is 4.18. The third-order valence-corrected chi connectivity index (χ3v) is 5.23. The van der Waals surface area contributed by atoms with Gasteiger partial charge in [-0.2, -0.15) is 11.8 Å². The maximum Gasteiger partial charge on any atom is 0.263 e. The molecule has 2 rings (SSSR count). The van der Waals surface area contributed by atoms with Gasteiger partial charge >= 0.3 is 0 Å². The first-order chi connectivity index (χ1) is 9.63. The molecule has 0 bridgehead atoms. The lowest BCUT2D eigenvalue weighted by Crippen LogP contribution is -2.32. The molecule has 2 aromatic rings. The van der Waals surface area contributed by atoms with Crippen molar-refractivity contribution in [2.75, 3.05) is 17.2 Å². The lowest BCUT2D eigenvalue weighted by Gasteiger charge is -2.12. The van der Waals surface area contributed by atoms with Crippen molar-refractivity contribution in [2.45, 2.75) is 26.3 Å². The van der Waals surface area contributed by atoms with Crippen LogP contribution in [0.3, 0.4) is 0 Å². The lowest BCUT2D eigenvalue weighted by atomic mass is 10.2. The van der Waals surface area contributed by atoms with E-state index in [9.17, 15) is 4.79 Å². The number of thioether (sulfide) groups is 1.